The highest BCUT2D eigenvalue weighted by Crippen LogP contribution is 2.15. The fourth-order valence-corrected chi connectivity index (χ4v) is 3.27. The summed E-state index contributed by atoms with van der Waals surface area (Å²) in [4.78, 5) is 10.9. The summed E-state index contributed by atoms with van der Waals surface area (Å²) in [6, 6.07) is 8.37. The summed E-state index contributed by atoms with van der Waals surface area (Å²) in [5.41, 5.74) is 0. The highest BCUT2D eigenvalue weighted by molar-refractivity contribution is 7.91. The monoisotopic (exact) mass is 270 g/mol. The molecule has 0 aromatic heterocycles. The van der Waals surface area contributed by atoms with Gasteiger partial charge in [0.05, 0.1) is 17.3 Å². The van der Waals surface area contributed by atoms with Gasteiger partial charge in [-0.05, 0) is 24.5 Å². The second-order valence-electron chi connectivity index (χ2n) is 4.33. The number of carbonyl (C=O) groups excluding carboxylic acids is 1. The van der Waals surface area contributed by atoms with Gasteiger partial charge in [0.1, 0.15) is 0 Å². The Morgan fingerprint density at radius 1 is 1.28 bits per heavy atom. The van der Waals surface area contributed by atoms with Crippen molar-refractivity contribution in [3.8, 4) is 0 Å². The van der Waals surface area contributed by atoms with Gasteiger partial charge >= 0.3 is 5.97 Å². The Morgan fingerprint density at radius 3 is 2.44 bits per heavy atom. The van der Waals surface area contributed by atoms with Crippen molar-refractivity contribution >= 4 is 15.8 Å². The maximum absolute atomic E-state index is 12.0. The first-order valence-corrected chi connectivity index (χ1v) is 7.48. The Morgan fingerprint density at radius 2 is 1.89 bits per heavy atom. The number of rotatable bonds is 6. The molecular weight excluding hydrogens is 252 g/mol. The topological polar surface area (TPSA) is 60.4 Å². The molecule has 1 aromatic carbocycles. The molecule has 0 fully saturated rings. The molecule has 0 N–H and O–H groups in total. The maximum Gasteiger partial charge on any atom is 0.302 e. The normalized spacial score (nSPS) is 13.0. The van der Waals surface area contributed by atoms with Crippen molar-refractivity contribution in [2.45, 2.75) is 25.2 Å². The van der Waals surface area contributed by atoms with E-state index in [1.807, 2.05) is 6.92 Å². The van der Waals surface area contributed by atoms with Crippen LogP contribution in [-0.2, 0) is 19.4 Å². The Balaban J connectivity index is 2.53. The minimum Gasteiger partial charge on any atom is -0.466 e. The largest absolute Gasteiger partial charge is 0.466 e. The van der Waals surface area contributed by atoms with Crippen LogP contribution < -0.4 is 0 Å². The van der Waals surface area contributed by atoms with E-state index in [2.05, 4.69) is 0 Å². The molecule has 0 radical (unpaired) electrons. The summed E-state index contributed by atoms with van der Waals surface area (Å²) in [6.45, 7) is 3.44. The van der Waals surface area contributed by atoms with Crippen LogP contribution in [-0.4, -0.2) is 26.7 Å². The van der Waals surface area contributed by atoms with Gasteiger partial charge in [0.25, 0.3) is 0 Å². The van der Waals surface area contributed by atoms with E-state index in [-0.39, 0.29) is 24.2 Å². The summed E-state index contributed by atoms with van der Waals surface area (Å²) in [7, 11) is -3.25. The number of carbonyl (C=O) groups is 1. The number of ether oxygens (including phenoxy) is 1. The molecule has 1 rings (SSSR count). The molecule has 0 saturated carbocycles. The highest BCUT2D eigenvalue weighted by Gasteiger charge is 2.18. The lowest BCUT2D eigenvalue weighted by Gasteiger charge is -2.11. The molecule has 0 aliphatic rings. The van der Waals surface area contributed by atoms with Crippen molar-refractivity contribution in [3.63, 3.8) is 0 Å². The molecule has 0 heterocycles. The molecule has 0 aliphatic carbocycles. The van der Waals surface area contributed by atoms with E-state index < -0.39 is 9.84 Å². The van der Waals surface area contributed by atoms with Crippen LogP contribution in [0.1, 0.15) is 20.3 Å². The summed E-state index contributed by atoms with van der Waals surface area (Å²) in [6.07, 6.45) is 0.547. The molecule has 18 heavy (non-hydrogen) atoms. The quantitative estimate of drug-likeness (QED) is 0.742. The standard InChI is InChI=1S/C13H18O4S/c1-11(8-9-17-12(2)14)10-18(15,16)13-6-4-3-5-7-13/h3-7,11H,8-10H2,1-2H3/t11-/m1/s1. The Labute approximate surface area is 108 Å². The minimum absolute atomic E-state index is 0.0467. The fraction of sp³-hybridized carbons (Fsp3) is 0.462. The molecule has 5 heteroatoms. The fourth-order valence-electron chi connectivity index (χ4n) is 1.59. The van der Waals surface area contributed by atoms with Crippen molar-refractivity contribution in [1.82, 2.24) is 0 Å². The summed E-state index contributed by atoms with van der Waals surface area (Å²) in [5, 5.41) is 0. The molecule has 0 amide bonds. The van der Waals surface area contributed by atoms with E-state index in [1.54, 1.807) is 30.3 Å². The van der Waals surface area contributed by atoms with Crippen molar-refractivity contribution < 1.29 is 17.9 Å². The predicted octanol–water partition coefficient (Wildman–Crippen LogP) is 2.05. The van der Waals surface area contributed by atoms with Gasteiger partial charge in [0.2, 0.25) is 0 Å². The number of hydrogen-bond acceptors (Lipinski definition) is 4. The van der Waals surface area contributed by atoms with E-state index >= 15 is 0 Å². The zero-order valence-electron chi connectivity index (χ0n) is 10.6. The van der Waals surface area contributed by atoms with Gasteiger partial charge in [-0.15, -0.1) is 0 Å². The first kappa shape index (κ1) is 14.7. The summed E-state index contributed by atoms with van der Waals surface area (Å²) in [5.74, 6) is -0.319. The molecule has 1 atom stereocenters. The average Bonchev–Trinajstić information content (AvgIpc) is 2.29. The molecule has 1 aromatic rings. The number of benzene rings is 1. The first-order valence-electron chi connectivity index (χ1n) is 5.83. The third kappa shape index (κ3) is 4.87. The molecule has 4 nitrogen and oxygen atoms in total. The Hall–Kier alpha value is -1.36. The lowest BCUT2D eigenvalue weighted by molar-refractivity contribution is -0.141. The minimum atomic E-state index is -3.25. The lowest BCUT2D eigenvalue weighted by Crippen LogP contribution is -2.16. The zero-order chi connectivity index (χ0) is 13.6. The SMILES string of the molecule is CC(=O)OCC[C@@H](C)CS(=O)(=O)c1ccccc1. The van der Waals surface area contributed by atoms with Crippen molar-refractivity contribution in [2.75, 3.05) is 12.4 Å². The van der Waals surface area contributed by atoms with Crippen LogP contribution in [0.4, 0.5) is 0 Å². The van der Waals surface area contributed by atoms with Crippen LogP contribution in [0.25, 0.3) is 0 Å². The molecule has 100 valence electrons. The van der Waals surface area contributed by atoms with E-state index in [0.717, 1.165) is 0 Å². The molecule has 0 aliphatic heterocycles. The Kier molecular flexibility index (Phi) is 5.34. The van der Waals surface area contributed by atoms with Crippen LogP contribution in [0, 0.1) is 5.92 Å². The first-order chi connectivity index (χ1) is 8.42. The third-order valence-corrected chi connectivity index (χ3v) is 4.52. The van der Waals surface area contributed by atoms with Gasteiger partial charge in [-0.3, -0.25) is 4.79 Å². The van der Waals surface area contributed by atoms with Crippen LogP contribution in [0.5, 0.6) is 0 Å². The van der Waals surface area contributed by atoms with Gasteiger partial charge < -0.3 is 4.74 Å². The van der Waals surface area contributed by atoms with Crippen LogP contribution in [0.2, 0.25) is 0 Å². The molecular formula is C13H18O4S. The molecule has 0 unspecified atom stereocenters. The van der Waals surface area contributed by atoms with E-state index in [1.165, 1.54) is 6.92 Å². The second-order valence-corrected chi connectivity index (χ2v) is 6.36. The van der Waals surface area contributed by atoms with Gasteiger partial charge in [0, 0.05) is 6.92 Å². The third-order valence-electron chi connectivity index (χ3n) is 2.52. The van der Waals surface area contributed by atoms with Crippen LogP contribution in [0.15, 0.2) is 35.2 Å². The van der Waals surface area contributed by atoms with Gasteiger partial charge in [-0.1, -0.05) is 25.1 Å². The van der Waals surface area contributed by atoms with Crippen LogP contribution >= 0.6 is 0 Å². The summed E-state index contributed by atoms with van der Waals surface area (Å²) < 4.78 is 28.9. The van der Waals surface area contributed by atoms with E-state index in [4.69, 9.17) is 4.74 Å². The van der Waals surface area contributed by atoms with Crippen LogP contribution in [0.3, 0.4) is 0 Å². The lowest BCUT2D eigenvalue weighted by atomic mass is 10.1. The number of esters is 1. The molecule has 0 bridgehead atoms. The van der Waals surface area contributed by atoms with Crippen molar-refractivity contribution in [2.24, 2.45) is 5.92 Å². The second kappa shape index (κ2) is 6.54. The average molecular weight is 270 g/mol. The zero-order valence-corrected chi connectivity index (χ0v) is 11.4. The van der Waals surface area contributed by atoms with Crippen molar-refractivity contribution in [3.05, 3.63) is 30.3 Å². The number of hydrogen-bond donors (Lipinski definition) is 0. The molecule has 0 spiro atoms. The predicted molar refractivity (Wildman–Crippen MR) is 68.9 cm³/mol. The smallest absolute Gasteiger partial charge is 0.302 e. The van der Waals surface area contributed by atoms with Gasteiger partial charge in [0.15, 0.2) is 9.84 Å². The number of sulfone groups is 1. The van der Waals surface area contributed by atoms with E-state index in [9.17, 15) is 13.2 Å². The Bertz CT molecular complexity index is 479. The van der Waals surface area contributed by atoms with E-state index in [0.29, 0.717) is 11.3 Å². The highest BCUT2D eigenvalue weighted by atomic mass is 32.2. The van der Waals surface area contributed by atoms with Crippen molar-refractivity contribution in [1.29, 1.82) is 0 Å². The van der Waals surface area contributed by atoms with Gasteiger partial charge in [-0.2, -0.15) is 0 Å². The summed E-state index contributed by atoms with van der Waals surface area (Å²) >= 11 is 0. The van der Waals surface area contributed by atoms with Gasteiger partial charge in [-0.25, -0.2) is 8.42 Å². The molecule has 0 saturated heterocycles. The maximum atomic E-state index is 12.0.